The minimum absolute atomic E-state index is 0.129. The van der Waals surface area contributed by atoms with Gasteiger partial charge in [-0.15, -0.1) is 11.6 Å². The number of carbonyl (C=O) groups excluding carboxylic acids is 1. The molecule has 0 aromatic rings. The van der Waals surface area contributed by atoms with Gasteiger partial charge in [-0.1, -0.05) is 0 Å². The molecule has 0 aliphatic carbocycles. The van der Waals surface area contributed by atoms with Gasteiger partial charge in [-0.25, -0.2) is 0 Å². The monoisotopic (exact) mass is 193 g/mol. The van der Waals surface area contributed by atoms with E-state index in [0.29, 0.717) is 5.88 Å². The van der Waals surface area contributed by atoms with Crippen molar-refractivity contribution < 1.29 is 9.90 Å². The normalized spacial score (nSPS) is 14.1. The van der Waals surface area contributed by atoms with Crippen LogP contribution >= 0.6 is 11.6 Å². The molecule has 1 unspecified atom stereocenters. The molecule has 0 aromatic heterocycles. The van der Waals surface area contributed by atoms with Crippen LogP contribution in [0.15, 0.2) is 0 Å². The molecule has 0 radical (unpaired) electrons. The van der Waals surface area contributed by atoms with Crippen LogP contribution in [0.3, 0.4) is 0 Å². The van der Waals surface area contributed by atoms with Gasteiger partial charge in [0.1, 0.15) is 0 Å². The smallest absolute Gasteiger partial charge is 0.221 e. The molecule has 2 N–H and O–H groups in total. The lowest BCUT2D eigenvalue weighted by Crippen LogP contribution is -2.51. The summed E-state index contributed by atoms with van der Waals surface area (Å²) in [5, 5.41) is 11.9. The number of halogens is 1. The van der Waals surface area contributed by atoms with Crippen molar-refractivity contribution in [2.24, 2.45) is 0 Å². The maximum absolute atomic E-state index is 11.1. The predicted molar refractivity (Wildman–Crippen MR) is 49.2 cm³/mol. The van der Waals surface area contributed by atoms with Crippen molar-refractivity contribution in [3.8, 4) is 0 Å². The molecule has 4 heteroatoms. The number of rotatable bonds is 4. The Morgan fingerprint density at radius 2 is 2.17 bits per heavy atom. The second-order valence-corrected chi connectivity index (χ2v) is 3.76. The van der Waals surface area contributed by atoms with Crippen LogP contribution in [-0.2, 0) is 4.79 Å². The van der Waals surface area contributed by atoms with Crippen LogP contribution in [0.4, 0.5) is 0 Å². The van der Waals surface area contributed by atoms with Crippen LogP contribution in [0, 0.1) is 0 Å². The number of alkyl halides is 1. The van der Waals surface area contributed by atoms with Crippen LogP contribution in [0.25, 0.3) is 0 Å². The standard InChI is InChI=1S/C8H16ClNO2/c1-6(11)8(2,3)10-7(12)4-5-9/h6,11H,4-5H2,1-3H3,(H,10,12). The fourth-order valence-electron chi connectivity index (χ4n) is 0.612. The molecule has 0 saturated carbocycles. The Hall–Kier alpha value is -0.280. The summed E-state index contributed by atoms with van der Waals surface area (Å²) in [5.74, 6) is 0.178. The van der Waals surface area contributed by atoms with Crippen LogP contribution in [0.5, 0.6) is 0 Å². The number of hydrogen-bond donors (Lipinski definition) is 2. The van der Waals surface area contributed by atoms with Gasteiger partial charge in [0.25, 0.3) is 0 Å². The zero-order chi connectivity index (χ0) is 9.78. The molecule has 1 atom stereocenters. The van der Waals surface area contributed by atoms with Gasteiger partial charge in [-0.05, 0) is 20.8 Å². The average Bonchev–Trinajstić information content (AvgIpc) is 1.85. The zero-order valence-electron chi connectivity index (χ0n) is 7.72. The minimum Gasteiger partial charge on any atom is -0.391 e. The number of hydrogen-bond acceptors (Lipinski definition) is 2. The molecular formula is C8H16ClNO2. The summed E-state index contributed by atoms with van der Waals surface area (Å²) < 4.78 is 0. The van der Waals surface area contributed by atoms with Crippen molar-refractivity contribution in [1.29, 1.82) is 0 Å². The summed E-state index contributed by atoms with van der Waals surface area (Å²) >= 11 is 5.38. The third-order valence-electron chi connectivity index (χ3n) is 1.83. The molecule has 0 fully saturated rings. The number of nitrogens with one attached hydrogen (secondary N) is 1. The zero-order valence-corrected chi connectivity index (χ0v) is 8.48. The van der Waals surface area contributed by atoms with Crippen molar-refractivity contribution in [3.05, 3.63) is 0 Å². The van der Waals surface area contributed by atoms with Crippen LogP contribution in [-0.4, -0.2) is 28.5 Å². The Labute approximate surface area is 78.1 Å². The molecule has 0 aliphatic rings. The van der Waals surface area contributed by atoms with Gasteiger partial charge in [0.05, 0.1) is 11.6 Å². The molecule has 0 aliphatic heterocycles. The SMILES string of the molecule is CC(O)C(C)(C)NC(=O)CCCl. The fraction of sp³-hybridized carbons (Fsp3) is 0.875. The second-order valence-electron chi connectivity index (χ2n) is 3.38. The van der Waals surface area contributed by atoms with Gasteiger partial charge in [-0.2, -0.15) is 0 Å². The summed E-state index contributed by atoms with van der Waals surface area (Å²) in [4.78, 5) is 11.1. The number of aliphatic hydroxyl groups excluding tert-OH is 1. The Balaban J connectivity index is 3.97. The van der Waals surface area contributed by atoms with E-state index >= 15 is 0 Å². The van der Waals surface area contributed by atoms with E-state index in [2.05, 4.69) is 5.32 Å². The summed E-state index contributed by atoms with van der Waals surface area (Å²) in [5.41, 5.74) is -0.580. The highest BCUT2D eigenvalue weighted by Gasteiger charge is 2.25. The molecule has 0 rings (SSSR count). The quantitative estimate of drug-likeness (QED) is 0.652. The third-order valence-corrected chi connectivity index (χ3v) is 2.02. The van der Waals surface area contributed by atoms with Crippen molar-refractivity contribution in [2.45, 2.75) is 38.8 Å². The summed E-state index contributed by atoms with van der Waals surface area (Å²) in [6, 6.07) is 0. The minimum atomic E-state index is -0.580. The summed E-state index contributed by atoms with van der Waals surface area (Å²) in [6.07, 6.45) is -0.283. The van der Waals surface area contributed by atoms with Gasteiger partial charge in [-0.3, -0.25) is 4.79 Å². The maximum atomic E-state index is 11.1. The Bertz CT molecular complexity index is 157. The van der Waals surface area contributed by atoms with Crippen LogP contribution in [0.1, 0.15) is 27.2 Å². The van der Waals surface area contributed by atoms with Crippen molar-refractivity contribution >= 4 is 17.5 Å². The summed E-state index contributed by atoms with van der Waals surface area (Å²) in [6.45, 7) is 5.18. The molecule has 0 bridgehead atoms. The van der Waals surface area contributed by atoms with Gasteiger partial charge in [0.15, 0.2) is 0 Å². The number of amides is 1. The predicted octanol–water partition coefficient (Wildman–Crippen LogP) is 0.891. The van der Waals surface area contributed by atoms with E-state index in [1.54, 1.807) is 20.8 Å². The lowest BCUT2D eigenvalue weighted by Gasteiger charge is -2.29. The molecule has 0 heterocycles. The van der Waals surface area contributed by atoms with E-state index in [4.69, 9.17) is 11.6 Å². The van der Waals surface area contributed by atoms with Gasteiger partial charge in [0, 0.05) is 12.3 Å². The lowest BCUT2D eigenvalue weighted by atomic mass is 9.99. The third kappa shape index (κ3) is 3.93. The van der Waals surface area contributed by atoms with E-state index in [-0.39, 0.29) is 12.3 Å². The van der Waals surface area contributed by atoms with Crippen molar-refractivity contribution in [2.75, 3.05) is 5.88 Å². The first-order valence-corrected chi connectivity index (χ1v) is 4.48. The topological polar surface area (TPSA) is 49.3 Å². The van der Waals surface area contributed by atoms with E-state index in [9.17, 15) is 9.90 Å². The highest BCUT2D eigenvalue weighted by atomic mass is 35.5. The first-order valence-electron chi connectivity index (χ1n) is 3.95. The Kier molecular flexibility index (Phi) is 4.57. The van der Waals surface area contributed by atoms with E-state index < -0.39 is 11.6 Å². The van der Waals surface area contributed by atoms with Crippen LogP contribution < -0.4 is 5.32 Å². The summed E-state index contributed by atoms with van der Waals surface area (Å²) in [7, 11) is 0. The highest BCUT2D eigenvalue weighted by molar-refractivity contribution is 6.18. The molecule has 3 nitrogen and oxygen atoms in total. The van der Waals surface area contributed by atoms with E-state index in [1.807, 2.05) is 0 Å². The van der Waals surface area contributed by atoms with Crippen molar-refractivity contribution in [1.82, 2.24) is 5.32 Å². The van der Waals surface area contributed by atoms with Gasteiger partial charge >= 0.3 is 0 Å². The second kappa shape index (κ2) is 4.67. The van der Waals surface area contributed by atoms with E-state index in [1.165, 1.54) is 0 Å². The number of carbonyl (C=O) groups is 1. The lowest BCUT2D eigenvalue weighted by molar-refractivity contribution is -0.123. The molecule has 0 saturated heterocycles. The van der Waals surface area contributed by atoms with Crippen molar-refractivity contribution in [3.63, 3.8) is 0 Å². The average molecular weight is 194 g/mol. The maximum Gasteiger partial charge on any atom is 0.221 e. The highest BCUT2D eigenvalue weighted by Crippen LogP contribution is 2.08. The fourth-order valence-corrected chi connectivity index (χ4v) is 0.784. The van der Waals surface area contributed by atoms with Gasteiger partial charge < -0.3 is 10.4 Å². The Morgan fingerprint density at radius 3 is 2.50 bits per heavy atom. The Morgan fingerprint density at radius 1 is 1.67 bits per heavy atom. The molecule has 1 amide bonds. The molecule has 72 valence electrons. The molecule has 0 spiro atoms. The molecular weight excluding hydrogens is 178 g/mol. The van der Waals surface area contributed by atoms with E-state index in [0.717, 1.165) is 0 Å². The molecule has 0 aromatic carbocycles. The van der Waals surface area contributed by atoms with Gasteiger partial charge in [0.2, 0.25) is 5.91 Å². The first kappa shape index (κ1) is 11.7. The molecule has 12 heavy (non-hydrogen) atoms. The van der Waals surface area contributed by atoms with Crippen LogP contribution in [0.2, 0.25) is 0 Å². The first-order chi connectivity index (χ1) is 5.40. The number of aliphatic hydroxyl groups is 1. The largest absolute Gasteiger partial charge is 0.391 e.